The van der Waals surface area contributed by atoms with Crippen molar-refractivity contribution in [2.24, 2.45) is 0 Å². The molecule has 1 aromatic heterocycles. The first kappa shape index (κ1) is 17.4. The van der Waals surface area contributed by atoms with Crippen molar-refractivity contribution in [2.75, 3.05) is 33.3 Å². The highest BCUT2D eigenvalue weighted by molar-refractivity contribution is 5.76. The molecule has 1 aromatic rings. The summed E-state index contributed by atoms with van der Waals surface area (Å²) in [5.74, 6) is 0.247. The van der Waals surface area contributed by atoms with Crippen LogP contribution >= 0.6 is 0 Å². The zero-order chi connectivity index (χ0) is 16.8. The molecule has 2 fully saturated rings. The van der Waals surface area contributed by atoms with Crippen molar-refractivity contribution >= 4 is 5.91 Å². The maximum atomic E-state index is 12.4. The summed E-state index contributed by atoms with van der Waals surface area (Å²) in [6, 6.07) is 4.56. The molecule has 2 saturated heterocycles. The van der Waals surface area contributed by atoms with Crippen LogP contribution in [0.4, 0.5) is 0 Å². The van der Waals surface area contributed by atoms with Gasteiger partial charge in [-0.1, -0.05) is 0 Å². The summed E-state index contributed by atoms with van der Waals surface area (Å²) in [7, 11) is 1.97. The van der Waals surface area contributed by atoms with Gasteiger partial charge in [-0.05, 0) is 49.8 Å². The quantitative estimate of drug-likeness (QED) is 0.801. The van der Waals surface area contributed by atoms with Crippen LogP contribution < -0.4 is 0 Å². The van der Waals surface area contributed by atoms with E-state index in [1.807, 2.05) is 24.3 Å². The maximum absolute atomic E-state index is 12.4. The Morgan fingerprint density at radius 1 is 1.29 bits per heavy atom. The summed E-state index contributed by atoms with van der Waals surface area (Å²) in [5, 5.41) is 0. The van der Waals surface area contributed by atoms with Gasteiger partial charge in [0.2, 0.25) is 5.91 Å². The number of amides is 1. The van der Waals surface area contributed by atoms with E-state index in [1.165, 1.54) is 5.56 Å². The molecule has 0 saturated carbocycles. The lowest BCUT2D eigenvalue weighted by atomic mass is 10.0. The fourth-order valence-corrected chi connectivity index (χ4v) is 3.71. The molecule has 0 unspecified atom stereocenters. The fraction of sp³-hybridized carbons (Fsp3) is 0.684. The van der Waals surface area contributed by atoms with E-state index in [0.717, 1.165) is 58.3 Å². The molecule has 0 N–H and O–H groups in total. The summed E-state index contributed by atoms with van der Waals surface area (Å²) in [6.07, 6.45) is 9.77. The van der Waals surface area contributed by atoms with Gasteiger partial charge in [0.15, 0.2) is 0 Å². The predicted molar refractivity (Wildman–Crippen MR) is 93.8 cm³/mol. The van der Waals surface area contributed by atoms with Crippen molar-refractivity contribution < 1.29 is 9.53 Å². The van der Waals surface area contributed by atoms with Gasteiger partial charge in [-0.2, -0.15) is 0 Å². The van der Waals surface area contributed by atoms with Gasteiger partial charge in [0.1, 0.15) is 0 Å². The van der Waals surface area contributed by atoms with Crippen molar-refractivity contribution in [3.05, 3.63) is 30.1 Å². The summed E-state index contributed by atoms with van der Waals surface area (Å²) < 4.78 is 5.59. The topological polar surface area (TPSA) is 45.7 Å². The second kappa shape index (κ2) is 8.58. The molecular formula is C19H29N3O2. The molecule has 0 radical (unpaired) electrons. The second-order valence-corrected chi connectivity index (χ2v) is 7.02. The minimum absolute atomic E-state index is 0.153. The predicted octanol–water partition coefficient (Wildman–Crippen LogP) is 2.12. The Hall–Kier alpha value is -1.46. The van der Waals surface area contributed by atoms with Crippen molar-refractivity contribution in [2.45, 2.75) is 50.7 Å². The molecule has 0 aliphatic carbocycles. The van der Waals surface area contributed by atoms with E-state index in [9.17, 15) is 4.79 Å². The van der Waals surface area contributed by atoms with Crippen LogP contribution in [0.25, 0.3) is 0 Å². The number of nitrogens with zero attached hydrogens (tertiary/aromatic N) is 3. The van der Waals surface area contributed by atoms with E-state index in [-0.39, 0.29) is 12.0 Å². The molecule has 5 nitrogen and oxygen atoms in total. The van der Waals surface area contributed by atoms with E-state index in [2.05, 4.69) is 22.0 Å². The van der Waals surface area contributed by atoms with Crippen LogP contribution in [0.1, 0.15) is 37.7 Å². The molecule has 0 aromatic carbocycles. The standard InChI is InChI=1S/C19H29N3O2/c1-21(19(23)15-18-3-2-14-24-18)17-7-12-22(13-8-17)11-6-16-4-9-20-10-5-16/h4-5,9-10,17-18H,2-3,6-8,11-15H2,1H3/t18-/m1/s1. The Balaban J connectivity index is 1.38. The van der Waals surface area contributed by atoms with Gasteiger partial charge in [0, 0.05) is 51.7 Å². The number of ether oxygens (including phenoxy) is 1. The third-order valence-electron chi connectivity index (χ3n) is 5.39. The zero-order valence-corrected chi connectivity index (χ0v) is 14.7. The number of pyridine rings is 1. The minimum Gasteiger partial charge on any atom is -0.378 e. The molecule has 3 heterocycles. The third kappa shape index (κ3) is 4.77. The number of hydrogen-bond acceptors (Lipinski definition) is 4. The largest absolute Gasteiger partial charge is 0.378 e. The number of carbonyl (C=O) groups is 1. The fourth-order valence-electron chi connectivity index (χ4n) is 3.71. The second-order valence-electron chi connectivity index (χ2n) is 7.02. The van der Waals surface area contributed by atoms with Crippen molar-refractivity contribution in [3.63, 3.8) is 0 Å². The molecule has 24 heavy (non-hydrogen) atoms. The number of rotatable bonds is 6. The lowest BCUT2D eigenvalue weighted by Crippen LogP contribution is -2.46. The molecule has 3 rings (SSSR count). The van der Waals surface area contributed by atoms with Gasteiger partial charge in [-0.3, -0.25) is 9.78 Å². The number of hydrogen-bond donors (Lipinski definition) is 0. The minimum atomic E-state index is 0.153. The lowest BCUT2D eigenvalue weighted by Gasteiger charge is -2.37. The molecule has 1 atom stereocenters. The first-order valence-electron chi connectivity index (χ1n) is 9.21. The maximum Gasteiger partial charge on any atom is 0.225 e. The zero-order valence-electron chi connectivity index (χ0n) is 14.7. The third-order valence-corrected chi connectivity index (χ3v) is 5.39. The van der Waals surface area contributed by atoms with E-state index in [0.29, 0.717) is 12.5 Å². The van der Waals surface area contributed by atoms with Gasteiger partial charge in [0.05, 0.1) is 12.5 Å². The summed E-state index contributed by atoms with van der Waals surface area (Å²) in [6.45, 7) is 4.06. The lowest BCUT2D eigenvalue weighted by molar-refractivity contribution is -0.135. The van der Waals surface area contributed by atoms with E-state index >= 15 is 0 Å². The van der Waals surface area contributed by atoms with E-state index in [4.69, 9.17) is 4.74 Å². The SMILES string of the molecule is CN(C(=O)C[C@H]1CCCO1)C1CCN(CCc2ccncc2)CC1. The summed E-state index contributed by atoms with van der Waals surface area (Å²) in [5.41, 5.74) is 1.34. The van der Waals surface area contributed by atoms with Crippen LogP contribution in [0.3, 0.4) is 0 Å². The Labute approximate surface area is 145 Å². The molecule has 1 amide bonds. The van der Waals surface area contributed by atoms with Crippen LogP contribution in [0.5, 0.6) is 0 Å². The summed E-state index contributed by atoms with van der Waals surface area (Å²) >= 11 is 0. The highest BCUT2D eigenvalue weighted by atomic mass is 16.5. The van der Waals surface area contributed by atoms with Crippen LogP contribution in [-0.4, -0.2) is 66.1 Å². The first-order chi connectivity index (χ1) is 11.7. The van der Waals surface area contributed by atoms with Crippen molar-refractivity contribution in [3.8, 4) is 0 Å². The van der Waals surface area contributed by atoms with Gasteiger partial charge >= 0.3 is 0 Å². The normalized spacial score (nSPS) is 22.6. The van der Waals surface area contributed by atoms with Crippen LogP contribution in [0.15, 0.2) is 24.5 Å². The van der Waals surface area contributed by atoms with Crippen LogP contribution in [0.2, 0.25) is 0 Å². The molecule has 2 aliphatic rings. The highest BCUT2D eigenvalue weighted by Gasteiger charge is 2.27. The van der Waals surface area contributed by atoms with Gasteiger partial charge in [0.25, 0.3) is 0 Å². The Bertz CT molecular complexity index is 509. The van der Waals surface area contributed by atoms with Crippen LogP contribution in [-0.2, 0) is 16.0 Å². The number of likely N-dealkylation sites (tertiary alicyclic amines) is 1. The van der Waals surface area contributed by atoms with Gasteiger partial charge in [-0.15, -0.1) is 0 Å². The average Bonchev–Trinajstić information content (AvgIpc) is 3.13. The Morgan fingerprint density at radius 2 is 2.04 bits per heavy atom. The van der Waals surface area contributed by atoms with Gasteiger partial charge in [-0.25, -0.2) is 0 Å². The van der Waals surface area contributed by atoms with E-state index in [1.54, 1.807) is 0 Å². The molecule has 5 heteroatoms. The highest BCUT2D eigenvalue weighted by Crippen LogP contribution is 2.20. The molecule has 132 valence electrons. The first-order valence-corrected chi connectivity index (χ1v) is 9.21. The number of aromatic nitrogens is 1. The molecule has 0 bridgehead atoms. The monoisotopic (exact) mass is 331 g/mol. The molecule has 0 spiro atoms. The van der Waals surface area contributed by atoms with E-state index < -0.39 is 0 Å². The van der Waals surface area contributed by atoms with Crippen molar-refractivity contribution in [1.82, 2.24) is 14.8 Å². The van der Waals surface area contributed by atoms with Crippen molar-refractivity contribution in [1.29, 1.82) is 0 Å². The molecule has 2 aliphatic heterocycles. The Morgan fingerprint density at radius 3 is 2.71 bits per heavy atom. The average molecular weight is 331 g/mol. The summed E-state index contributed by atoms with van der Waals surface area (Å²) in [4.78, 5) is 21.0. The van der Waals surface area contributed by atoms with Crippen LogP contribution in [0, 0.1) is 0 Å². The molecular weight excluding hydrogens is 302 g/mol. The number of piperidine rings is 1. The van der Waals surface area contributed by atoms with Gasteiger partial charge < -0.3 is 14.5 Å². The smallest absolute Gasteiger partial charge is 0.225 e. The number of carbonyl (C=O) groups excluding carboxylic acids is 1. The Kier molecular flexibility index (Phi) is 6.21.